The molecule has 3 rings (SSSR count). The van der Waals surface area contributed by atoms with Crippen molar-refractivity contribution in [3.8, 4) is 0 Å². The van der Waals surface area contributed by atoms with E-state index in [0.29, 0.717) is 25.0 Å². The Morgan fingerprint density at radius 1 is 1.41 bits per heavy atom. The van der Waals surface area contributed by atoms with Crippen LogP contribution in [0, 0.1) is 0 Å². The first-order chi connectivity index (χ1) is 10.7. The largest absolute Gasteiger partial charge is 0.372 e. The number of carbonyl (C=O) groups excluding carboxylic acids is 2. The fraction of sp³-hybridized carbons (Fsp3) is 0.714. The second kappa shape index (κ2) is 6.43. The summed E-state index contributed by atoms with van der Waals surface area (Å²) in [7, 11) is 1.53. The molecular weight excluding hydrogens is 286 g/mol. The minimum Gasteiger partial charge on any atom is -0.372 e. The summed E-state index contributed by atoms with van der Waals surface area (Å²) in [6.45, 7) is 0.609. The predicted octanol–water partition coefficient (Wildman–Crippen LogP) is 0.579. The van der Waals surface area contributed by atoms with Crippen LogP contribution in [0.1, 0.15) is 38.1 Å². The number of anilines is 1. The van der Waals surface area contributed by atoms with Crippen molar-refractivity contribution < 1.29 is 14.3 Å². The monoisotopic (exact) mass is 307 g/mol. The lowest BCUT2D eigenvalue weighted by atomic mass is 10.2. The molecule has 1 unspecified atom stereocenters. The van der Waals surface area contributed by atoms with Crippen molar-refractivity contribution in [1.82, 2.24) is 19.7 Å². The molecule has 8 heteroatoms. The van der Waals surface area contributed by atoms with E-state index in [1.54, 1.807) is 11.2 Å². The maximum absolute atomic E-state index is 12.3. The molecule has 1 saturated heterocycles. The standard InChI is InChI=1S/C14H21N5O3/c1-22-11-4-2-3-7-18(13(11)21)8-12(20)16-14-17-15-9-19(14)10-5-6-10/h9-11H,2-8H2,1H3,(H,16,17,20). The van der Waals surface area contributed by atoms with Crippen LogP contribution in [0.4, 0.5) is 5.95 Å². The molecule has 2 aliphatic rings. The van der Waals surface area contributed by atoms with E-state index in [1.807, 2.05) is 4.57 Å². The van der Waals surface area contributed by atoms with Crippen molar-refractivity contribution in [3.63, 3.8) is 0 Å². The number of nitrogens with one attached hydrogen (secondary N) is 1. The minimum atomic E-state index is -0.439. The maximum Gasteiger partial charge on any atom is 0.252 e. The summed E-state index contributed by atoms with van der Waals surface area (Å²) in [5, 5.41) is 10.5. The van der Waals surface area contributed by atoms with E-state index < -0.39 is 6.10 Å². The summed E-state index contributed by atoms with van der Waals surface area (Å²) in [5.74, 6) is 0.0943. The molecule has 120 valence electrons. The van der Waals surface area contributed by atoms with E-state index in [0.717, 1.165) is 25.7 Å². The number of ether oxygens (including phenoxy) is 1. The van der Waals surface area contributed by atoms with Gasteiger partial charge >= 0.3 is 0 Å². The smallest absolute Gasteiger partial charge is 0.252 e. The lowest BCUT2D eigenvalue weighted by molar-refractivity contribution is -0.143. The van der Waals surface area contributed by atoms with Crippen molar-refractivity contribution in [2.45, 2.75) is 44.2 Å². The van der Waals surface area contributed by atoms with Crippen LogP contribution < -0.4 is 5.32 Å². The van der Waals surface area contributed by atoms with E-state index in [4.69, 9.17) is 4.74 Å². The zero-order chi connectivity index (χ0) is 15.5. The number of methoxy groups -OCH3 is 1. The van der Waals surface area contributed by atoms with Gasteiger partial charge in [0.1, 0.15) is 19.0 Å². The van der Waals surface area contributed by atoms with E-state index in [-0.39, 0.29) is 18.4 Å². The normalized spacial score (nSPS) is 22.5. The summed E-state index contributed by atoms with van der Waals surface area (Å²) in [5.41, 5.74) is 0. The molecule has 0 spiro atoms. The van der Waals surface area contributed by atoms with E-state index in [9.17, 15) is 9.59 Å². The molecule has 1 aromatic rings. The minimum absolute atomic E-state index is 0.0240. The average molecular weight is 307 g/mol. The summed E-state index contributed by atoms with van der Waals surface area (Å²) in [6, 6.07) is 0.392. The number of aromatic nitrogens is 3. The van der Waals surface area contributed by atoms with E-state index >= 15 is 0 Å². The number of hydrogen-bond acceptors (Lipinski definition) is 5. The summed E-state index contributed by atoms with van der Waals surface area (Å²) < 4.78 is 7.09. The average Bonchev–Trinajstić information content (AvgIpc) is 3.27. The quantitative estimate of drug-likeness (QED) is 0.859. The van der Waals surface area contributed by atoms with Crippen molar-refractivity contribution in [1.29, 1.82) is 0 Å². The third-order valence-corrected chi connectivity index (χ3v) is 4.11. The van der Waals surface area contributed by atoms with E-state index in [1.165, 1.54) is 7.11 Å². The summed E-state index contributed by atoms with van der Waals surface area (Å²) >= 11 is 0. The van der Waals surface area contributed by atoms with Crippen LogP contribution in [0.3, 0.4) is 0 Å². The van der Waals surface area contributed by atoms with Crippen LogP contribution >= 0.6 is 0 Å². The van der Waals surface area contributed by atoms with Crippen molar-refractivity contribution in [2.75, 3.05) is 25.5 Å². The Morgan fingerprint density at radius 3 is 2.95 bits per heavy atom. The third kappa shape index (κ3) is 3.27. The Balaban J connectivity index is 1.60. The van der Waals surface area contributed by atoms with Crippen LogP contribution in [0.15, 0.2) is 6.33 Å². The Bertz CT molecular complexity index is 554. The van der Waals surface area contributed by atoms with Gasteiger partial charge in [0.25, 0.3) is 5.91 Å². The Kier molecular flexibility index (Phi) is 4.37. The molecule has 1 aromatic heterocycles. The molecule has 8 nitrogen and oxygen atoms in total. The lowest BCUT2D eigenvalue weighted by Crippen LogP contribution is -2.43. The molecule has 2 fully saturated rings. The molecule has 2 amide bonds. The second-order valence-corrected chi connectivity index (χ2v) is 5.82. The topological polar surface area (TPSA) is 89.3 Å². The van der Waals surface area contributed by atoms with Crippen LogP contribution in [0.5, 0.6) is 0 Å². The van der Waals surface area contributed by atoms with Gasteiger partial charge in [0.2, 0.25) is 11.9 Å². The van der Waals surface area contributed by atoms with Crippen LogP contribution in [-0.2, 0) is 14.3 Å². The zero-order valence-corrected chi connectivity index (χ0v) is 12.7. The van der Waals surface area contributed by atoms with Gasteiger partial charge in [0.05, 0.1) is 0 Å². The molecule has 1 N–H and O–H groups in total. The van der Waals surface area contributed by atoms with E-state index in [2.05, 4.69) is 15.5 Å². The molecule has 2 heterocycles. The highest BCUT2D eigenvalue weighted by Gasteiger charge is 2.29. The summed E-state index contributed by atoms with van der Waals surface area (Å²) in [6.07, 6.45) is 5.89. The number of rotatable bonds is 5. The van der Waals surface area contributed by atoms with Gasteiger partial charge in [-0.3, -0.25) is 19.5 Å². The molecule has 1 aliphatic carbocycles. The molecular formula is C14H21N5O3. The van der Waals surface area contributed by atoms with Gasteiger partial charge in [-0.25, -0.2) is 0 Å². The number of hydrogen-bond donors (Lipinski definition) is 1. The van der Waals surface area contributed by atoms with Crippen LogP contribution in [0.25, 0.3) is 0 Å². The van der Waals surface area contributed by atoms with Crippen molar-refractivity contribution in [3.05, 3.63) is 6.33 Å². The molecule has 22 heavy (non-hydrogen) atoms. The molecule has 0 bridgehead atoms. The fourth-order valence-electron chi connectivity index (χ4n) is 2.73. The van der Waals surface area contributed by atoms with Gasteiger partial charge in [-0.15, -0.1) is 10.2 Å². The SMILES string of the molecule is COC1CCCCN(CC(=O)Nc2nncn2C2CC2)C1=O. The van der Waals surface area contributed by atoms with Crippen LogP contribution in [0.2, 0.25) is 0 Å². The van der Waals surface area contributed by atoms with Crippen LogP contribution in [-0.4, -0.2) is 57.8 Å². The number of amides is 2. The number of carbonyl (C=O) groups is 2. The highest BCUT2D eigenvalue weighted by molar-refractivity contribution is 5.94. The molecule has 1 atom stereocenters. The molecule has 1 aliphatic heterocycles. The first kappa shape index (κ1) is 15.0. The molecule has 1 saturated carbocycles. The zero-order valence-electron chi connectivity index (χ0n) is 12.7. The van der Waals surface area contributed by atoms with Gasteiger partial charge in [0, 0.05) is 19.7 Å². The summed E-state index contributed by atoms with van der Waals surface area (Å²) in [4.78, 5) is 26.1. The highest BCUT2D eigenvalue weighted by atomic mass is 16.5. The maximum atomic E-state index is 12.3. The van der Waals surface area contributed by atoms with Crippen molar-refractivity contribution in [2.24, 2.45) is 0 Å². The molecule has 0 radical (unpaired) electrons. The number of likely N-dealkylation sites (tertiary alicyclic amines) is 1. The highest BCUT2D eigenvalue weighted by Crippen LogP contribution is 2.36. The Morgan fingerprint density at radius 2 is 2.23 bits per heavy atom. The van der Waals surface area contributed by atoms with Gasteiger partial charge < -0.3 is 9.64 Å². The predicted molar refractivity (Wildman–Crippen MR) is 78.2 cm³/mol. The van der Waals surface area contributed by atoms with Gasteiger partial charge in [-0.2, -0.15) is 0 Å². The van der Waals surface area contributed by atoms with Crippen molar-refractivity contribution >= 4 is 17.8 Å². The Hall–Kier alpha value is -1.96. The lowest BCUT2D eigenvalue weighted by Gasteiger charge is -2.22. The fourth-order valence-corrected chi connectivity index (χ4v) is 2.73. The Labute approximate surface area is 128 Å². The first-order valence-corrected chi connectivity index (χ1v) is 7.70. The van der Waals surface area contributed by atoms with Gasteiger partial charge in [-0.1, -0.05) is 0 Å². The number of nitrogens with zero attached hydrogens (tertiary/aromatic N) is 4. The second-order valence-electron chi connectivity index (χ2n) is 5.82. The van der Waals surface area contributed by atoms with Gasteiger partial charge in [-0.05, 0) is 32.1 Å². The van der Waals surface area contributed by atoms with Gasteiger partial charge in [0.15, 0.2) is 0 Å². The molecule has 0 aromatic carbocycles. The third-order valence-electron chi connectivity index (χ3n) is 4.11. The first-order valence-electron chi connectivity index (χ1n) is 7.70.